The molecule has 2 nitrogen and oxygen atoms in total. The third-order valence-electron chi connectivity index (χ3n) is 5.62. The summed E-state index contributed by atoms with van der Waals surface area (Å²) in [6.45, 7) is 12.4. The van der Waals surface area contributed by atoms with Gasteiger partial charge in [0.15, 0.2) is 0 Å². The van der Waals surface area contributed by atoms with Crippen molar-refractivity contribution in [3.8, 4) is 0 Å². The molecule has 1 aromatic rings. The fourth-order valence-corrected chi connectivity index (χ4v) is 4.14. The molecule has 28 heavy (non-hydrogen) atoms. The predicted octanol–water partition coefficient (Wildman–Crippen LogP) is 6.23. The van der Waals surface area contributed by atoms with E-state index in [2.05, 4.69) is 39.0 Å². The molecule has 0 aliphatic carbocycles. The van der Waals surface area contributed by atoms with E-state index in [1.807, 2.05) is 20.8 Å². The van der Waals surface area contributed by atoms with E-state index in [0.29, 0.717) is 25.7 Å². The number of hydrogen-bond donors (Lipinski definition) is 0. The van der Waals surface area contributed by atoms with Crippen molar-refractivity contribution in [1.82, 2.24) is 0 Å². The van der Waals surface area contributed by atoms with Gasteiger partial charge in [-0.05, 0) is 34.9 Å². The van der Waals surface area contributed by atoms with E-state index < -0.39 is 0 Å². The van der Waals surface area contributed by atoms with Gasteiger partial charge in [-0.3, -0.25) is 9.59 Å². The van der Waals surface area contributed by atoms with Crippen molar-refractivity contribution in [1.29, 1.82) is 0 Å². The highest BCUT2D eigenvalue weighted by Crippen LogP contribution is 2.41. The van der Waals surface area contributed by atoms with E-state index >= 15 is 0 Å². The summed E-state index contributed by atoms with van der Waals surface area (Å²) >= 11 is 0. The molecule has 0 spiro atoms. The van der Waals surface area contributed by atoms with E-state index in [-0.39, 0.29) is 22.3 Å². The summed E-state index contributed by atoms with van der Waals surface area (Å²) in [6, 6.07) is 6.45. The van der Waals surface area contributed by atoms with Gasteiger partial charge in [0.05, 0.1) is 7.85 Å². The van der Waals surface area contributed by atoms with E-state index in [4.69, 9.17) is 7.85 Å². The van der Waals surface area contributed by atoms with Gasteiger partial charge in [-0.1, -0.05) is 84.3 Å². The molecule has 0 heterocycles. The third-order valence-corrected chi connectivity index (χ3v) is 5.62. The van der Waals surface area contributed by atoms with E-state index in [1.165, 1.54) is 11.1 Å². The quantitative estimate of drug-likeness (QED) is 0.379. The number of carbonyl (C=O) groups excluding carboxylic acids is 2. The van der Waals surface area contributed by atoms with Gasteiger partial charge in [0, 0.05) is 25.7 Å². The predicted molar refractivity (Wildman–Crippen MR) is 120 cm³/mol. The number of benzene rings is 1. The van der Waals surface area contributed by atoms with Crippen LogP contribution in [-0.2, 0) is 28.9 Å². The van der Waals surface area contributed by atoms with Crippen LogP contribution in [0, 0.1) is 5.41 Å². The molecule has 0 aliphatic rings. The summed E-state index contributed by atoms with van der Waals surface area (Å²) in [5.41, 5.74) is 3.47. The summed E-state index contributed by atoms with van der Waals surface area (Å²) < 4.78 is 0. The first-order valence-corrected chi connectivity index (χ1v) is 10.9. The second kappa shape index (κ2) is 11.0. The van der Waals surface area contributed by atoms with Gasteiger partial charge in [0.25, 0.3) is 0 Å². The summed E-state index contributed by atoms with van der Waals surface area (Å²) in [5.74, 6) is 0.543. The lowest BCUT2D eigenvalue weighted by Crippen LogP contribution is -2.26. The first-order chi connectivity index (χ1) is 13.0. The van der Waals surface area contributed by atoms with E-state index in [9.17, 15) is 9.59 Å². The second-order valence-electron chi connectivity index (χ2n) is 9.47. The van der Waals surface area contributed by atoms with Gasteiger partial charge in [-0.15, -0.1) is 0 Å². The SMILES string of the molecule is [B]C(C)(C)CC(C)(CC)CC(=O)Cc1ccc(CCC)cc1CCC(=O)CC. The number of Topliss-reactive ketones (excluding diaryl/α,β-unsaturated/α-hetero) is 2. The monoisotopic (exact) mass is 382 g/mol. The molecule has 1 atom stereocenters. The number of ketones is 2. The van der Waals surface area contributed by atoms with Crippen LogP contribution in [-0.4, -0.2) is 19.4 Å². The number of carbonyl (C=O) groups is 2. The van der Waals surface area contributed by atoms with E-state index in [0.717, 1.165) is 37.7 Å². The van der Waals surface area contributed by atoms with Crippen molar-refractivity contribution in [2.45, 2.75) is 105 Å². The molecule has 154 valence electrons. The second-order valence-corrected chi connectivity index (χ2v) is 9.47. The molecule has 0 saturated carbocycles. The summed E-state index contributed by atoms with van der Waals surface area (Å²) in [6.07, 6.45) is 6.75. The van der Waals surface area contributed by atoms with Crippen molar-refractivity contribution >= 4 is 19.4 Å². The Balaban J connectivity index is 2.95. The Bertz CT molecular complexity index is 657. The lowest BCUT2D eigenvalue weighted by atomic mass is 9.61. The zero-order chi connectivity index (χ0) is 21.4. The lowest BCUT2D eigenvalue weighted by molar-refractivity contribution is -0.121. The molecule has 3 heteroatoms. The number of aryl methyl sites for hydroxylation is 2. The topological polar surface area (TPSA) is 34.1 Å². The Kier molecular flexibility index (Phi) is 9.67. The minimum absolute atomic E-state index is 0.0736. The zero-order valence-electron chi connectivity index (χ0n) is 19.0. The summed E-state index contributed by atoms with van der Waals surface area (Å²) in [5, 5.41) is -0.279. The average Bonchev–Trinajstić information content (AvgIpc) is 2.59. The molecule has 1 rings (SSSR count). The zero-order valence-corrected chi connectivity index (χ0v) is 19.0. The van der Waals surface area contributed by atoms with Crippen molar-refractivity contribution in [3.63, 3.8) is 0 Å². The molecule has 2 radical (unpaired) electrons. The number of rotatable bonds is 13. The van der Waals surface area contributed by atoms with Gasteiger partial charge >= 0.3 is 0 Å². The van der Waals surface area contributed by atoms with Gasteiger partial charge in [-0.25, -0.2) is 0 Å². The molecule has 0 amide bonds. The molecule has 0 bridgehead atoms. The van der Waals surface area contributed by atoms with Crippen LogP contribution in [0.25, 0.3) is 0 Å². The lowest BCUT2D eigenvalue weighted by Gasteiger charge is -2.35. The molecule has 0 aliphatic heterocycles. The van der Waals surface area contributed by atoms with E-state index in [1.54, 1.807) is 0 Å². The molecule has 1 unspecified atom stereocenters. The highest BCUT2D eigenvalue weighted by atomic mass is 16.1. The normalized spacial score (nSPS) is 13.9. The molecule has 0 saturated heterocycles. The highest BCUT2D eigenvalue weighted by Gasteiger charge is 2.30. The van der Waals surface area contributed by atoms with Crippen molar-refractivity contribution in [3.05, 3.63) is 34.9 Å². The van der Waals surface area contributed by atoms with Crippen LogP contribution in [0.15, 0.2) is 18.2 Å². The fraction of sp³-hybridized carbons (Fsp3) is 0.680. The van der Waals surface area contributed by atoms with Crippen LogP contribution in [0.3, 0.4) is 0 Å². The van der Waals surface area contributed by atoms with Crippen LogP contribution < -0.4 is 0 Å². The summed E-state index contributed by atoms with van der Waals surface area (Å²) in [4.78, 5) is 24.7. The molecule has 1 aromatic carbocycles. The van der Waals surface area contributed by atoms with Crippen LogP contribution in [0.1, 0.15) is 96.8 Å². The maximum atomic E-state index is 12.9. The van der Waals surface area contributed by atoms with Crippen molar-refractivity contribution in [2.75, 3.05) is 0 Å². The standard InChI is InChI=1S/C25H39BO2/c1-7-10-19-11-12-21(20(15-19)13-14-22(27)8-2)16-23(28)17-25(6,9-3)18-24(4,5)26/h11-12,15H,7-10,13-14,16-18H2,1-6H3. The molecular weight excluding hydrogens is 343 g/mol. The maximum absolute atomic E-state index is 12.9. The van der Waals surface area contributed by atoms with Crippen LogP contribution in [0.2, 0.25) is 5.31 Å². The summed E-state index contributed by atoms with van der Waals surface area (Å²) in [7, 11) is 6.23. The average molecular weight is 382 g/mol. The third kappa shape index (κ3) is 8.75. The van der Waals surface area contributed by atoms with Gasteiger partial charge in [0.1, 0.15) is 11.6 Å². The van der Waals surface area contributed by atoms with Crippen molar-refractivity contribution in [2.24, 2.45) is 5.41 Å². The molecule has 0 N–H and O–H groups in total. The maximum Gasteiger partial charge on any atom is 0.137 e. The molecule has 0 aromatic heterocycles. The Hall–Kier alpha value is -1.38. The van der Waals surface area contributed by atoms with Crippen LogP contribution in [0.5, 0.6) is 0 Å². The largest absolute Gasteiger partial charge is 0.300 e. The molecular formula is C25H39BO2. The minimum atomic E-state index is -0.279. The van der Waals surface area contributed by atoms with Crippen molar-refractivity contribution < 1.29 is 9.59 Å². The Morgan fingerprint density at radius 3 is 2.18 bits per heavy atom. The molecule has 0 fully saturated rings. The Morgan fingerprint density at radius 1 is 0.964 bits per heavy atom. The first kappa shape index (κ1) is 24.7. The highest BCUT2D eigenvalue weighted by molar-refractivity contribution is 6.14. The fourth-order valence-electron chi connectivity index (χ4n) is 4.14. The number of hydrogen-bond acceptors (Lipinski definition) is 2. The van der Waals surface area contributed by atoms with Crippen LogP contribution in [0.4, 0.5) is 0 Å². The first-order valence-electron chi connectivity index (χ1n) is 10.9. The Labute approximate surface area is 174 Å². The minimum Gasteiger partial charge on any atom is -0.300 e. The van der Waals surface area contributed by atoms with Crippen LogP contribution >= 0.6 is 0 Å². The van der Waals surface area contributed by atoms with Gasteiger partial charge in [-0.2, -0.15) is 0 Å². The van der Waals surface area contributed by atoms with Gasteiger partial charge in [0.2, 0.25) is 0 Å². The smallest absolute Gasteiger partial charge is 0.137 e. The van der Waals surface area contributed by atoms with Gasteiger partial charge < -0.3 is 0 Å². The Morgan fingerprint density at radius 2 is 1.64 bits per heavy atom.